The molecule has 0 bridgehead atoms. The number of nitrogens with one attached hydrogen (secondary N) is 3. The number of hydrogen-bond donors (Lipinski definition) is 3. The number of rotatable bonds is 17. The molecule has 2 heterocycles. The Kier molecular flexibility index (Phi) is 26.3. The monoisotopic (exact) mass is 791 g/mol. The normalized spacial score (nSPS) is 16.3. The fraction of sp³-hybridized carbons (Fsp3) is 0.690. The van der Waals surface area contributed by atoms with Crippen LogP contribution in [0.1, 0.15) is 105 Å². The van der Waals surface area contributed by atoms with E-state index in [0.717, 1.165) is 24.3 Å². The molecular formula is C42H74N6O6S. The third-order valence-corrected chi connectivity index (χ3v) is 10.5. The highest BCUT2D eigenvalue weighted by Gasteiger charge is 2.42. The number of amides is 4. The van der Waals surface area contributed by atoms with E-state index in [4.69, 9.17) is 9.47 Å². The van der Waals surface area contributed by atoms with Gasteiger partial charge in [-0.2, -0.15) is 0 Å². The number of hydrogen-bond acceptors (Lipinski definition) is 9. The molecule has 1 aromatic carbocycles. The quantitative estimate of drug-likeness (QED) is 0.171. The Morgan fingerprint density at radius 1 is 1.04 bits per heavy atom. The molecule has 6 unspecified atom stereocenters. The Balaban J connectivity index is 0.00000209. The van der Waals surface area contributed by atoms with Crippen molar-refractivity contribution in [2.24, 2.45) is 11.8 Å². The summed E-state index contributed by atoms with van der Waals surface area (Å²) in [6.45, 7) is 20.4. The average molecular weight is 791 g/mol. The molecule has 12 nitrogen and oxygen atoms in total. The number of nitrogens with zero attached hydrogens (tertiary/aromatic N) is 3. The van der Waals surface area contributed by atoms with Crippen molar-refractivity contribution in [3.63, 3.8) is 0 Å². The van der Waals surface area contributed by atoms with Gasteiger partial charge in [0.25, 0.3) is 0 Å². The largest absolute Gasteiger partial charge is 0.379 e. The number of benzene rings is 1. The van der Waals surface area contributed by atoms with Crippen LogP contribution in [-0.2, 0) is 35.2 Å². The number of methoxy groups -OCH3 is 2. The van der Waals surface area contributed by atoms with Gasteiger partial charge in [0.2, 0.25) is 23.6 Å². The molecule has 2 aromatic rings. The maximum atomic E-state index is 13.8. The summed E-state index contributed by atoms with van der Waals surface area (Å²) in [5.74, 6) is -1.27. The van der Waals surface area contributed by atoms with Crippen LogP contribution in [0.4, 0.5) is 0 Å². The van der Waals surface area contributed by atoms with E-state index in [1.165, 1.54) is 23.3 Å². The van der Waals surface area contributed by atoms with E-state index in [1.54, 1.807) is 58.2 Å². The zero-order valence-corrected chi connectivity index (χ0v) is 37.2. The summed E-state index contributed by atoms with van der Waals surface area (Å²) < 4.78 is 11.7. The van der Waals surface area contributed by atoms with Crippen LogP contribution in [0.5, 0.6) is 0 Å². The molecule has 4 amide bonds. The van der Waals surface area contributed by atoms with Crippen LogP contribution in [0.25, 0.3) is 0 Å². The van der Waals surface area contributed by atoms with E-state index in [0.29, 0.717) is 13.1 Å². The lowest BCUT2D eigenvalue weighted by molar-refractivity contribution is -0.145. The van der Waals surface area contributed by atoms with E-state index in [-0.39, 0.29) is 48.6 Å². The summed E-state index contributed by atoms with van der Waals surface area (Å²) in [7, 11) is 6.50. The van der Waals surface area contributed by atoms with Gasteiger partial charge in [0.15, 0.2) is 0 Å². The molecule has 55 heavy (non-hydrogen) atoms. The Hall–Kier alpha value is -3.39. The highest BCUT2D eigenvalue weighted by Crippen LogP contribution is 2.29. The van der Waals surface area contributed by atoms with Crippen LogP contribution in [0.3, 0.4) is 0 Å². The van der Waals surface area contributed by atoms with Gasteiger partial charge in [-0.05, 0) is 46.6 Å². The minimum Gasteiger partial charge on any atom is -0.379 e. The van der Waals surface area contributed by atoms with Gasteiger partial charge in [-0.3, -0.25) is 19.2 Å². The number of thiazole rings is 1. The van der Waals surface area contributed by atoms with Crippen molar-refractivity contribution in [2.75, 3.05) is 41.4 Å². The van der Waals surface area contributed by atoms with Gasteiger partial charge in [-0.1, -0.05) is 97.2 Å². The lowest BCUT2D eigenvalue weighted by Crippen LogP contribution is -2.56. The van der Waals surface area contributed by atoms with E-state index in [2.05, 4.69) is 53.8 Å². The lowest BCUT2D eigenvalue weighted by atomic mass is 9.90. The zero-order valence-electron chi connectivity index (χ0n) is 36.4. The molecule has 3 rings (SSSR count). The Morgan fingerprint density at radius 3 is 2.13 bits per heavy atom. The fourth-order valence-electron chi connectivity index (χ4n) is 6.14. The van der Waals surface area contributed by atoms with E-state index >= 15 is 0 Å². The second-order valence-corrected chi connectivity index (χ2v) is 15.2. The fourth-order valence-corrected chi connectivity index (χ4v) is 6.69. The van der Waals surface area contributed by atoms with Crippen molar-refractivity contribution in [2.45, 2.75) is 138 Å². The first-order chi connectivity index (χ1) is 26.1. The Morgan fingerprint density at radius 2 is 1.65 bits per heavy atom. The minimum absolute atomic E-state index is 0.0267. The van der Waals surface area contributed by atoms with Crippen molar-refractivity contribution >= 4 is 35.0 Å². The number of carbonyl (C=O) groups excluding carboxylic acids is 4. The zero-order chi connectivity index (χ0) is 42.1. The number of ether oxygens (including phenoxy) is 2. The van der Waals surface area contributed by atoms with Crippen molar-refractivity contribution < 1.29 is 28.7 Å². The summed E-state index contributed by atoms with van der Waals surface area (Å²) in [5.41, 5.74) is 0.505. The maximum Gasteiger partial charge on any atom is 0.242 e. The molecule has 1 aliphatic rings. The predicted molar refractivity (Wildman–Crippen MR) is 225 cm³/mol. The average Bonchev–Trinajstić information content (AvgIpc) is 3.90. The van der Waals surface area contributed by atoms with Gasteiger partial charge in [-0.25, -0.2) is 4.98 Å². The van der Waals surface area contributed by atoms with Gasteiger partial charge < -0.3 is 35.2 Å². The molecule has 0 saturated carbocycles. The van der Waals surface area contributed by atoms with Gasteiger partial charge in [0, 0.05) is 39.4 Å². The second kappa shape index (κ2) is 28.1. The molecule has 0 radical (unpaired) electrons. The highest BCUT2D eigenvalue weighted by molar-refractivity contribution is 7.09. The van der Waals surface area contributed by atoms with Crippen molar-refractivity contribution in [3.8, 4) is 0 Å². The van der Waals surface area contributed by atoms with Crippen molar-refractivity contribution in [1.82, 2.24) is 30.7 Å². The third-order valence-electron chi connectivity index (χ3n) is 9.73. The van der Waals surface area contributed by atoms with Gasteiger partial charge in [0.05, 0.1) is 55.3 Å². The number of likely N-dealkylation sites (tertiary alicyclic amines) is 1. The third kappa shape index (κ3) is 17.5. The summed E-state index contributed by atoms with van der Waals surface area (Å²) in [6, 6.07) is 9.61. The van der Waals surface area contributed by atoms with E-state index < -0.39 is 29.7 Å². The van der Waals surface area contributed by atoms with Crippen molar-refractivity contribution in [3.05, 3.63) is 52.5 Å². The standard InChI is InChI=1S/C30H52N6O6S.C7H8.C3H8.C2H6/c1-10-19(2)26(35(7)25(38)18-34-29(40)30(4,5)31-6)22(41-8)16-24(37)36-14-11-12-21(36)27(42-9)20(3)28(39)33-17-23-32-13-15-43-23;1-7-5-3-2-4-6-7;1-3-2;1-2/h13,15,19-22,26-27,31H,10-12,14,16-18H2,1-9H3,(H,33,39)(H,34,40);2-6H,1H3;3H2,1-2H3;1-2H3. The highest BCUT2D eigenvalue weighted by atomic mass is 32.1. The number of aryl methyl sites for hydroxylation is 1. The second-order valence-electron chi connectivity index (χ2n) is 14.2. The summed E-state index contributed by atoms with van der Waals surface area (Å²) >= 11 is 1.48. The van der Waals surface area contributed by atoms with E-state index in [1.807, 2.05) is 58.2 Å². The molecule has 6 atom stereocenters. The lowest BCUT2D eigenvalue weighted by Gasteiger charge is -2.39. The summed E-state index contributed by atoms with van der Waals surface area (Å²) in [5, 5.41) is 11.3. The van der Waals surface area contributed by atoms with Crippen LogP contribution in [0.15, 0.2) is 41.9 Å². The smallest absolute Gasteiger partial charge is 0.242 e. The molecule has 314 valence electrons. The van der Waals surface area contributed by atoms with Gasteiger partial charge >= 0.3 is 0 Å². The molecule has 0 aliphatic carbocycles. The molecule has 1 aromatic heterocycles. The molecule has 0 spiro atoms. The number of aromatic nitrogens is 1. The molecule has 1 saturated heterocycles. The van der Waals surface area contributed by atoms with Crippen molar-refractivity contribution in [1.29, 1.82) is 0 Å². The summed E-state index contributed by atoms with van der Waals surface area (Å²) in [4.78, 5) is 60.1. The molecule has 1 fully saturated rings. The topological polar surface area (TPSA) is 142 Å². The number of likely N-dealkylation sites (N-methyl/N-ethyl adjacent to an activating group) is 2. The van der Waals surface area contributed by atoms with Crippen LogP contribution < -0.4 is 16.0 Å². The SMILES string of the molecule is CC.CCC.CCC(C)C(C(CC(=O)N1CCCC1C(OC)C(C)C(=O)NCc1nccs1)OC)N(C)C(=O)CNC(=O)C(C)(C)NC.Cc1ccccc1. The minimum atomic E-state index is -0.817. The van der Waals surface area contributed by atoms with Crippen LogP contribution in [0.2, 0.25) is 0 Å². The predicted octanol–water partition coefficient (Wildman–Crippen LogP) is 6.23. The van der Waals surface area contributed by atoms with Crippen LogP contribution >= 0.6 is 11.3 Å². The molecular weight excluding hydrogens is 717 g/mol. The first kappa shape index (κ1) is 51.6. The number of carbonyl (C=O) groups is 4. The Bertz CT molecular complexity index is 1350. The van der Waals surface area contributed by atoms with E-state index in [9.17, 15) is 19.2 Å². The maximum absolute atomic E-state index is 13.8. The Labute approximate surface area is 336 Å². The first-order valence-corrected chi connectivity index (χ1v) is 20.8. The van der Waals surface area contributed by atoms with Gasteiger partial charge in [0.1, 0.15) is 5.01 Å². The van der Waals surface area contributed by atoms with Crippen LogP contribution in [-0.4, -0.2) is 110 Å². The molecule has 1 aliphatic heterocycles. The molecule has 3 N–H and O–H groups in total. The first-order valence-electron chi connectivity index (χ1n) is 19.9. The van der Waals surface area contributed by atoms with Gasteiger partial charge in [-0.15, -0.1) is 11.3 Å². The summed E-state index contributed by atoms with van der Waals surface area (Å²) in [6.07, 6.45) is 4.26. The molecule has 13 heteroatoms. The van der Waals surface area contributed by atoms with Crippen LogP contribution in [0, 0.1) is 18.8 Å².